The molecule has 1 aliphatic rings. The Labute approximate surface area is 413 Å². The molecule has 3 heterocycles. The van der Waals surface area contributed by atoms with Gasteiger partial charge in [0.1, 0.15) is 11.6 Å². The topological polar surface area (TPSA) is 33.5 Å². The van der Waals surface area contributed by atoms with Gasteiger partial charge in [-0.25, -0.2) is 9.37 Å². The van der Waals surface area contributed by atoms with Gasteiger partial charge in [-0.3, -0.25) is 0 Å². The van der Waals surface area contributed by atoms with Crippen molar-refractivity contribution < 1.29 is 31.6 Å². The molecule has 0 fully saturated rings. The normalized spacial score (nSPS) is 12.8. The first-order valence-corrected chi connectivity index (χ1v) is 22.6. The number of halogens is 1. The number of pyridine rings is 1. The van der Waals surface area contributed by atoms with Gasteiger partial charge in [0.05, 0.1) is 0 Å². The predicted octanol–water partition coefficient (Wildman–Crippen LogP) is 16.5. The molecule has 11 rings (SSSR count). The summed E-state index contributed by atoms with van der Waals surface area (Å²) in [6.45, 7) is 12.6. The van der Waals surface area contributed by atoms with Gasteiger partial charge in [-0.15, -0.1) is 53.6 Å². The number of hydrogen-bond acceptors (Lipinski definition) is 4. The van der Waals surface area contributed by atoms with Crippen LogP contribution in [0, 0.1) is 24.6 Å². The summed E-state index contributed by atoms with van der Waals surface area (Å²) in [5.74, 6) is 0.651. The first kappa shape index (κ1) is 43.3. The zero-order valence-electron chi connectivity index (χ0n) is 39.4. The fourth-order valence-electron chi connectivity index (χ4n) is 9.33. The second kappa shape index (κ2) is 18.1. The van der Waals surface area contributed by atoms with E-state index >= 15 is 0 Å². The van der Waals surface area contributed by atoms with Crippen LogP contribution in [0.3, 0.4) is 0 Å². The largest absolute Gasteiger partial charge is 0.509 e. The molecular formula is C61H48FN4OPt-3. The van der Waals surface area contributed by atoms with Gasteiger partial charge >= 0.3 is 0 Å². The monoisotopic (exact) mass is 1070 g/mol. The molecule has 2 aromatic heterocycles. The number of hydrogen-bond donors (Lipinski definition) is 0. The molecule has 0 bridgehead atoms. The van der Waals surface area contributed by atoms with Crippen LogP contribution >= 0.6 is 0 Å². The van der Waals surface area contributed by atoms with Crippen LogP contribution in [0.4, 0.5) is 27.1 Å². The summed E-state index contributed by atoms with van der Waals surface area (Å²) in [6, 6.07) is 67.9. The van der Waals surface area contributed by atoms with Crippen molar-refractivity contribution in [3.8, 4) is 50.7 Å². The molecule has 0 aliphatic carbocycles. The van der Waals surface area contributed by atoms with Crippen molar-refractivity contribution in [2.24, 2.45) is 0 Å². The molecule has 0 saturated heterocycles. The number of fused-ring (bicyclic) bond motifs is 4. The Bertz CT molecular complexity index is 3520. The van der Waals surface area contributed by atoms with Crippen LogP contribution in [-0.4, -0.2) is 9.55 Å². The van der Waals surface area contributed by atoms with Crippen molar-refractivity contribution in [1.29, 1.82) is 0 Å². The number of para-hydroxylation sites is 4. The van der Waals surface area contributed by atoms with Crippen molar-refractivity contribution in [2.75, 3.05) is 9.80 Å². The van der Waals surface area contributed by atoms with Crippen molar-refractivity contribution >= 4 is 44.6 Å². The predicted molar refractivity (Wildman–Crippen MR) is 273 cm³/mol. The molecule has 0 radical (unpaired) electrons. The maximum Gasteiger partial charge on any atom is 0.135 e. The zero-order valence-corrected chi connectivity index (χ0v) is 40.6. The Morgan fingerprint density at radius 1 is 0.618 bits per heavy atom. The number of aromatic nitrogens is 2. The number of ether oxygens (including phenoxy) is 1. The summed E-state index contributed by atoms with van der Waals surface area (Å²) in [4.78, 5) is 9.26. The number of benzene rings is 8. The van der Waals surface area contributed by atoms with Crippen molar-refractivity contribution in [3.05, 3.63) is 224 Å². The summed E-state index contributed by atoms with van der Waals surface area (Å²) in [5.41, 5.74) is 13.2. The van der Waals surface area contributed by atoms with E-state index < -0.39 is 5.89 Å². The van der Waals surface area contributed by atoms with E-state index in [9.17, 15) is 5.76 Å². The molecule has 0 saturated carbocycles. The third-order valence-electron chi connectivity index (χ3n) is 12.6. The SMILES string of the molecule is [2H]C(C)(C)c1ccccc1-c1cc(Oc2[c-]c3c(cc2)c2ccccc2n3-c2cc(C(C)(C)C)ccn2)[c-]c(N2[CH-]N(c3c(-c4ccccc4)cccc3-c3ccc(F)cc3)c3ccccc32)c1.[Pt]. The van der Waals surface area contributed by atoms with E-state index in [2.05, 4.69) is 151 Å². The molecule has 0 unspecified atom stereocenters. The van der Waals surface area contributed by atoms with E-state index in [1.807, 2.05) is 92.8 Å². The van der Waals surface area contributed by atoms with E-state index in [1.54, 1.807) is 0 Å². The maximum atomic E-state index is 14.4. The molecule has 7 heteroatoms. The molecule has 0 amide bonds. The van der Waals surface area contributed by atoms with Crippen LogP contribution in [0.5, 0.6) is 11.5 Å². The molecule has 0 atom stereocenters. The fraction of sp³-hybridized carbons (Fsp3) is 0.115. The Morgan fingerprint density at radius 3 is 2.03 bits per heavy atom. The standard InChI is InChI=1S/C61H48FN4O.Pt/c1-40(2)49-18-9-10-19-50(49)43-34-46(37-48(35-43)67-47-30-31-54-53-20-11-12-23-55(53)66(58(54)38-47)59-36-44(32-33-63-59)61(3,4)5)64-39-65(57-25-14-13-24-56(57)64)60-51(41-16-7-6-8-17-41)21-15-22-52(60)42-26-28-45(62)29-27-42;/h6-36,39-40H,1-5H3;/q-3;/i40D;. The summed E-state index contributed by atoms with van der Waals surface area (Å²) in [6.07, 6.45) is 1.88. The van der Waals surface area contributed by atoms with Crippen molar-refractivity contribution in [3.63, 3.8) is 0 Å². The van der Waals surface area contributed by atoms with Crippen molar-refractivity contribution in [2.45, 2.75) is 45.9 Å². The average Bonchev–Trinajstić information content (AvgIpc) is 3.90. The first-order chi connectivity index (χ1) is 32.9. The quantitative estimate of drug-likeness (QED) is 0.135. The van der Waals surface area contributed by atoms with Gasteiger partial charge in [-0.05, 0) is 87.0 Å². The summed E-state index contributed by atoms with van der Waals surface area (Å²) >= 11 is 0. The molecule has 0 N–H and O–H groups in total. The minimum Gasteiger partial charge on any atom is -0.509 e. The molecule has 338 valence electrons. The van der Waals surface area contributed by atoms with Gasteiger partial charge in [-0.2, -0.15) is 6.07 Å². The van der Waals surface area contributed by atoms with Gasteiger partial charge < -0.3 is 19.1 Å². The molecule has 10 aromatic rings. The minimum absolute atomic E-state index is 0. The van der Waals surface area contributed by atoms with Gasteiger partial charge in [0, 0.05) is 73.8 Å². The zero-order chi connectivity index (χ0) is 46.7. The molecule has 1 aliphatic heterocycles. The summed E-state index contributed by atoms with van der Waals surface area (Å²) in [5, 5.41) is 2.14. The van der Waals surface area contributed by atoms with E-state index in [1.165, 1.54) is 17.7 Å². The number of rotatable bonds is 9. The second-order valence-electron chi connectivity index (χ2n) is 18.3. The minimum atomic E-state index is -0.886. The van der Waals surface area contributed by atoms with Gasteiger partial charge in [-0.1, -0.05) is 155 Å². The van der Waals surface area contributed by atoms with Gasteiger partial charge in [0.15, 0.2) is 0 Å². The van der Waals surface area contributed by atoms with Gasteiger partial charge in [0.2, 0.25) is 0 Å². The van der Waals surface area contributed by atoms with Crippen LogP contribution in [-0.2, 0) is 26.5 Å². The maximum absolute atomic E-state index is 14.4. The average molecular weight is 1070 g/mol. The Kier molecular flexibility index (Phi) is 11.5. The smallest absolute Gasteiger partial charge is 0.135 e. The van der Waals surface area contributed by atoms with Crippen LogP contribution in [0.25, 0.3) is 61.0 Å². The van der Waals surface area contributed by atoms with E-state index in [-0.39, 0.29) is 32.3 Å². The Hall–Kier alpha value is -7.27. The fourth-order valence-corrected chi connectivity index (χ4v) is 9.33. The molecule has 5 nitrogen and oxygen atoms in total. The van der Waals surface area contributed by atoms with E-state index in [4.69, 9.17) is 9.72 Å². The third kappa shape index (κ3) is 8.17. The Morgan fingerprint density at radius 2 is 1.28 bits per heavy atom. The van der Waals surface area contributed by atoms with Gasteiger partial charge in [0.25, 0.3) is 0 Å². The molecule has 68 heavy (non-hydrogen) atoms. The Balaban J connectivity index is 0.00000553. The van der Waals surface area contributed by atoms with Crippen molar-refractivity contribution in [1.82, 2.24) is 9.55 Å². The second-order valence-corrected chi connectivity index (χ2v) is 18.3. The number of nitrogens with zero attached hydrogens (tertiary/aromatic N) is 4. The number of anilines is 4. The van der Waals surface area contributed by atoms with Crippen LogP contribution in [0.2, 0.25) is 0 Å². The van der Waals surface area contributed by atoms with E-state index in [0.717, 1.165) is 89.3 Å². The van der Waals surface area contributed by atoms with Crippen LogP contribution in [0.15, 0.2) is 188 Å². The molecular weight excluding hydrogens is 1020 g/mol. The van der Waals surface area contributed by atoms with Crippen LogP contribution in [0.1, 0.15) is 53.0 Å². The molecule has 0 spiro atoms. The first-order valence-electron chi connectivity index (χ1n) is 23.1. The van der Waals surface area contributed by atoms with E-state index in [0.29, 0.717) is 11.5 Å². The van der Waals surface area contributed by atoms with Crippen LogP contribution < -0.4 is 14.5 Å². The summed E-state index contributed by atoms with van der Waals surface area (Å²) < 4.78 is 32.7. The third-order valence-corrected chi connectivity index (χ3v) is 12.6. The molecule has 8 aromatic carbocycles. The summed E-state index contributed by atoms with van der Waals surface area (Å²) in [7, 11) is 0.